The quantitative estimate of drug-likeness (QED) is 0.866. The highest BCUT2D eigenvalue weighted by atomic mass is 16.3. The lowest BCUT2D eigenvalue weighted by Crippen LogP contribution is -2.54. The minimum atomic E-state index is 0.339. The van der Waals surface area contributed by atoms with Crippen LogP contribution in [0, 0.1) is 6.92 Å². The summed E-state index contributed by atoms with van der Waals surface area (Å²) >= 11 is 0. The number of furan rings is 1. The van der Waals surface area contributed by atoms with Gasteiger partial charge in [0.1, 0.15) is 11.5 Å². The van der Waals surface area contributed by atoms with Crippen LogP contribution in [0.25, 0.3) is 0 Å². The lowest BCUT2D eigenvalue weighted by atomic mass is 9.69. The first-order valence-electron chi connectivity index (χ1n) is 8.71. The molecular weight excluding hydrogens is 284 g/mol. The summed E-state index contributed by atoms with van der Waals surface area (Å²) < 4.78 is 5.78. The molecule has 3 nitrogen and oxygen atoms in total. The molecule has 3 heterocycles. The van der Waals surface area contributed by atoms with Crippen molar-refractivity contribution in [3.05, 3.63) is 59.5 Å². The van der Waals surface area contributed by atoms with Gasteiger partial charge in [-0.2, -0.15) is 0 Å². The fourth-order valence-electron chi connectivity index (χ4n) is 4.60. The van der Waals surface area contributed by atoms with Crippen molar-refractivity contribution < 1.29 is 4.42 Å². The summed E-state index contributed by atoms with van der Waals surface area (Å²) in [5.41, 5.74) is 1.87. The fraction of sp³-hybridized carbons (Fsp3) is 0.500. The first kappa shape index (κ1) is 15.0. The number of aryl methyl sites for hydroxylation is 1. The molecule has 2 saturated heterocycles. The molecular formula is C20H26N2O. The molecule has 3 heteroatoms. The smallest absolute Gasteiger partial charge is 0.118 e. The molecule has 0 aliphatic carbocycles. The molecule has 0 radical (unpaired) electrons. The van der Waals surface area contributed by atoms with Gasteiger partial charge in [0.05, 0.1) is 6.54 Å². The van der Waals surface area contributed by atoms with Crippen LogP contribution in [0.3, 0.4) is 0 Å². The second-order valence-corrected chi connectivity index (χ2v) is 7.27. The Morgan fingerprint density at radius 2 is 1.87 bits per heavy atom. The van der Waals surface area contributed by atoms with E-state index in [0.29, 0.717) is 11.5 Å². The van der Waals surface area contributed by atoms with Crippen LogP contribution in [0.2, 0.25) is 0 Å². The second kappa shape index (κ2) is 5.81. The number of benzene rings is 1. The van der Waals surface area contributed by atoms with Crippen molar-refractivity contribution >= 4 is 0 Å². The molecule has 122 valence electrons. The van der Waals surface area contributed by atoms with Crippen LogP contribution in [0.4, 0.5) is 0 Å². The highest BCUT2D eigenvalue weighted by Gasteiger charge is 2.49. The molecule has 2 atom stereocenters. The van der Waals surface area contributed by atoms with Gasteiger partial charge in [0.25, 0.3) is 0 Å². The summed E-state index contributed by atoms with van der Waals surface area (Å²) in [5.74, 6) is 2.10. The van der Waals surface area contributed by atoms with Gasteiger partial charge in [-0.25, -0.2) is 0 Å². The van der Waals surface area contributed by atoms with Crippen LogP contribution in [0.15, 0.2) is 46.9 Å². The Morgan fingerprint density at radius 1 is 1.09 bits per heavy atom. The zero-order chi connectivity index (χ0) is 15.9. The molecule has 4 rings (SSSR count). The van der Waals surface area contributed by atoms with Crippen LogP contribution in [0.1, 0.15) is 29.9 Å². The summed E-state index contributed by atoms with van der Waals surface area (Å²) in [4.78, 5) is 5.12. The molecule has 2 fully saturated rings. The van der Waals surface area contributed by atoms with Gasteiger partial charge in [-0.3, -0.25) is 4.90 Å². The molecule has 2 aliphatic heterocycles. The standard InChI is InChI=1S/C20H26N2O/c1-16-8-9-18(23-16)14-22-13-11-20(17-6-4-3-5-7-17)10-12-21(2)19(20)15-22/h3-9,19H,10-15H2,1-2H3/t19-,20+/m0/s1. The summed E-state index contributed by atoms with van der Waals surface area (Å²) in [6.07, 6.45) is 2.53. The lowest BCUT2D eigenvalue weighted by Gasteiger charge is -2.46. The van der Waals surface area contributed by atoms with Gasteiger partial charge in [-0.1, -0.05) is 30.3 Å². The topological polar surface area (TPSA) is 19.6 Å². The van der Waals surface area contributed by atoms with Gasteiger partial charge < -0.3 is 9.32 Å². The van der Waals surface area contributed by atoms with E-state index in [1.807, 2.05) is 6.92 Å². The van der Waals surface area contributed by atoms with Crippen LogP contribution < -0.4 is 0 Å². The maximum absolute atomic E-state index is 5.78. The number of nitrogens with zero attached hydrogens (tertiary/aromatic N) is 2. The van der Waals surface area contributed by atoms with Crippen molar-refractivity contribution in [3.63, 3.8) is 0 Å². The Kier molecular flexibility index (Phi) is 3.78. The first-order valence-corrected chi connectivity index (χ1v) is 8.71. The molecule has 0 saturated carbocycles. The van der Waals surface area contributed by atoms with Gasteiger partial charge in [0, 0.05) is 18.0 Å². The fourth-order valence-corrected chi connectivity index (χ4v) is 4.60. The van der Waals surface area contributed by atoms with E-state index in [-0.39, 0.29) is 0 Å². The number of hydrogen-bond acceptors (Lipinski definition) is 3. The van der Waals surface area contributed by atoms with Crippen molar-refractivity contribution in [3.8, 4) is 0 Å². The Balaban J connectivity index is 1.55. The molecule has 0 spiro atoms. The van der Waals surface area contributed by atoms with Gasteiger partial charge in [0.15, 0.2) is 0 Å². The molecule has 1 aromatic heterocycles. The number of hydrogen-bond donors (Lipinski definition) is 0. The van der Waals surface area contributed by atoms with Crippen molar-refractivity contribution in [2.75, 3.05) is 26.7 Å². The predicted molar refractivity (Wildman–Crippen MR) is 92.5 cm³/mol. The third kappa shape index (κ3) is 2.62. The van der Waals surface area contributed by atoms with Crippen LogP contribution >= 0.6 is 0 Å². The van der Waals surface area contributed by atoms with E-state index in [4.69, 9.17) is 4.42 Å². The molecule has 0 N–H and O–H groups in total. The maximum Gasteiger partial charge on any atom is 0.118 e. The van der Waals surface area contributed by atoms with Crippen LogP contribution in [-0.4, -0.2) is 42.5 Å². The maximum atomic E-state index is 5.78. The minimum Gasteiger partial charge on any atom is -0.465 e. The Morgan fingerprint density at radius 3 is 2.61 bits per heavy atom. The van der Waals surface area contributed by atoms with Crippen molar-refractivity contribution in [1.82, 2.24) is 9.80 Å². The van der Waals surface area contributed by atoms with E-state index in [1.54, 1.807) is 0 Å². The van der Waals surface area contributed by atoms with Gasteiger partial charge >= 0.3 is 0 Å². The first-order chi connectivity index (χ1) is 11.2. The zero-order valence-corrected chi connectivity index (χ0v) is 14.2. The molecule has 0 amide bonds. The number of likely N-dealkylation sites (tertiary alicyclic amines) is 2. The second-order valence-electron chi connectivity index (χ2n) is 7.27. The number of piperidine rings is 1. The average Bonchev–Trinajstić information content (AvgIpc) is 3.13. The molecule has 1 aromatic carbocycles. The Hall–Kier alpha value is -1.58. The average molecular weight is 310 g/mol. The van der Waals surface area contributed by atoms with Crippen LogP contribution in [-0.2, 0) is 12.0 Å². The van der Waals surface area contributed by atoms with E-state index in [9.17, 15) is 0 Å². The Labute approximate surface area is 138 Å². The van der Waals surface area contributed by atoms with Gasteiger partial charge in [-0.15, -0.1) is 0 Å². The van der Waals surface area contributed by atoms with Gasteiger partial charge in [-0.05, 0) is 57.6 Å². The lowest BCUT2D eigenvalue weighted by molar-refractivity contribution is 0.0866. The molecule has 23 heavy (non-hydrogen) atoms. The number of rotatable bonds is 3. The number of fused-ring (bicyclic) bond motifs is 1. The summed E-state index contributed by atoms with van der Waals surface area (Å²) in [7, 11) is 2.29. The highest BCUT2D eigenvalue weighted by molar-refractivity contribution is 5.31. The van der Waals surface area contributed by atoms with Crippen molar-refractivity contribution in [1.29, 1.82) is 0 Å². The number of likely N-dealkylation sites (N-methyl/N-ethyl adjacent to an activating group) is 1. The highest BCUT2D eigenvalue weighted by Crippen LogP contribution is 2.45. The molecule has 0 bridgehead atoms. The predicted octanol–water partition coefficient (Wildman–Crippen LogP) is 3.44. The Bertz CT molecular complexity index is 665. The van der Waals surface area contributed by atoms with E-state index in [0.717, 1.165) is 31.2 Å². The van der Waals surface area contributed by atoms with E-state index >= 15 is 0 Å². The third-order valence-corrected chi connectivity index (χ3v) is 5.91. The monoisotopic (exact) mass is 310 g/mol. The largest absolute Gasteiger partial charge is 0.465 e. The minimum absolute atomic E-state index is 0.339. The summed E-state index contributed by atoms with van der Waals surface area (Å²) in [6, 6.07) is 16.0. The van der Waals surface area contributed by atoms with E-state index in [2.05, 4.69) is 59.3 Å². The normalized spacial score (nSPS) is 28.9. The summed E-state index contributed by atoms with van der Waals surface area (Å²) in [5, 5.41) is 0. The zero-order valence-electron chi connectivity index (χ0n) is 14.2. The SMILES string of the molecule is Cc1ccc(CN2CC[C@@]3(c4ccccc4)CCN(C)[C@H]3C2)o1. The van der Waals surface area contributed by atoms with Crippen LogP contribution in [0.5, 0.6) is 0 Å². The molecule has 2 aliphatic rings. The third-order valence-electron chi connectivity index (χ3n) is 5.91. The van der Waals surface area contributed by atoms with Gasteiger partial charge in [0.2, 0.25) is 0 Å². The van der Waals surface area contributed by atoms with E-state index in [1.165, 1.54) is 24.9 Å². The molecule has 0 unspecified atom stereocenters. The molecule has 2 aromatic rings. The van der Waals surface area contributed by atoms with Crippen molar-refractivity contribution in [2.24, 2.45) is 0 Å². The van der Waals surface area contributed by atoms with Crippen molar-refractivity contribution in [2.45, 2.75) is 37.8 Å². The van der Waals surface area contributed by atoms with E-state index < -0.39 is 0 Å². The summed E-state index contributed by atoms with van der Waals surface area (Å²) in [6.45, 7) is 6.44.